The van der Waals surface area contributed by atoms with Gasteiger partial charge in [0.2, 0.25) is 5.95 Å². The fourth-order valence-corrected chi connectivity index (χ4v) is 3.28. The van der Waals surface area contributed by atoms with Crippen LogP contribution in [0.5, 0.6) is 11.5 Å². The second-order valence-electron chi connectivity index (χ2n) is 6.91. The Balaban J connectivity index is 1.66. The number of nitrogens with zero attached hydrogens (tertiary/aromatic N) is 4. The molecule has 2 aromatic rings. The molecule has 0 saturated carbocycles. The Morgan fingerprint density at radius 1 is 1.25 bits per heavy atom. The first-order valence-electron chi connectivity index (χ1n) is 9.31. The topological polar surface area (TPSA) is 79.8 Å². The third kappa shape index (κ3) is 4.44. The number of aryl methyl sites for hydroxylation is 1. The van der Waals surface area contributed by atoms with E-state index in [-0.39, 0.29) is 12.1 Å². The zero-order valence-corrected chi connectivity index (χ0v) is 16.8. The Morgan fingerprint density at radius 2 is 2.00 bits per heavy atom. The molecule has 0 aliphatic carbocycles. The lowest BCUT2D eigenvalue weighted by molar-refractivity contribution is 0.192. The summed E-state index contributed by atoms with van der Waals surface area (Å²) in [6, 6.07) is 5.34. The van der Waals surface area contributed by atoms with Gasteiger partial charge in [0.1, 0.15) is 11.5 Å². The number of carbonyl (C=O) groups is 1. The summed E-state index contributed by atoms with van der Waals surface area (Å²) in [5.74, 6) is 1.91. The van der Waals surface area contributed by atoms with Crippen molar-refractivity contribution in [3.05, 3.63) is 36.2 Å². The molecule has 28 heavy (non-hydrogen) atoms. The third-order valence-corrected chi connectivity index (χ3v) is 4.96. The van der Waals surface area contributed by atoms with Crippen molar-refractivity contribution < 1.29 is 14.3 Å². The monoisotopic (exact) mass is 385 g/mol. The first-order valence-corrected chi connectivity index (χ1v) is 9.31. The Hall–Kier alpha value is -3.03. The van der Waals surface area contributed by atoms with Gasteiger partial charge in [-0.2, -0.15) is 0 Å². The molecule has 1 aromatic heterocycles. The van der Waals surface area contributed by atoms with E-state index in [4.69, 9.17) is 9.47 Å². The molecule has 1 aromatic carbocycles. The van der Waals surface area contributed by atoms with Crippen molar-refractivity contribution in [2.45, 2.75) is 25.8 Å². The molecular weight excluding hydrogens is 358 g/mol. The molecule has 1 atom stereocenters. The van der Waals surface area contributed by atoms with Crippen molar-refractivity contribution in [2.75, 3.05) is 44.6 Å². The van der Waals surface area contributed by atoms with E-state index in [0.717, 1.165) is 18.4 Å². The van der Waals surface area contributed by atoms with Gasteiger partial charge in [0.25, 0.3) is 0 Å². The van der Waals surface area contributed by atoms with E-state index in [0.29, 0.717) is 36.2 Å². The van der Waals surface area contributed by atoms with Gasteiger partial charge in [-0.05, 0) is 37.5 Å². The van der Waals surface area contributed by atoms with Gasteiger partial charge >= 0.3 is 6.03 Å². The fraction of sp³-hybridized carbons (Fsp3) is 0.450. The minimum atomic E-state index is -0.147. The van der Waals surface area contributed by atoms with E-state index in [1.165, 1.54) is 0 Å². The highest BCUT2D eigenvalue weighted by molar-refractivity contribution is 5.91. The van der Waals surface area contributed by atoms with Crippen molar-refractivity contribution >= 4 is 17.7 Å². The number of amides is 2. The van der Waals surface area contributed by atoms with E-state index in [9.17, 15) is 4.79 Å². The highest BCUT2D eigenvalue weighted by Gasteiger charge is 2.28. The van der Waals surface area contributed by atoms with Crippen molar-refractivity contribution in [3.8, 4) is 11.5 Å². The number of anilines is 2. The first kappa shape index (κ1) is 19.7. The largest absolute Gasteiger partial charge is 0.497 e. The summed E-state index contributed by atoms with van der Waals surface area (Å²) in [5, 5.41) is 2.95. The molecule has 150 valence electrons. The molecule has 1 aliphatic heterocycles. The minimum Gasteiger partial charge on any atom is -0.497 e. The predicted octanol–water partition coefficient (Wildman–Crippen LogP) is 2.93. The van der Waals surface area contributed by atoms with Gasteiger partial charge in [-0.25, -0.2) is 14.8 Å². The van der Waals surface area contributed by atoms with E-state index >= 15 is 0 Å². The number of urea groups is 1. The molecule has 0 spiro atoms. The van der Waals surface area contributed by atoms with Crippen LogP contribution in [0, 0.1) is 6.92 Å². The standard InChI is InChI=1S/C20H27N5O3/c1-14-11-21-19(22-12-14)24(2)15-6-5-9-25(13-15)20(26)23-17-8-7-16(27-3)10-18(17)28-4/h7-8,10-12,15H,5-6,9,13H2,1-4H3,(H,23,26). The molecule has 2 heterocycles. The number of likely N-dealkylation sites (tertiary alicyclic amines) is 1. The molecule has 1 fully saturated rings. The summed E-state index contributed by atoms with van der Waals surface area (Å²) in [6.07, 6.45) is 5.53. The number of ether oxygens (including phenoxy) is 2. The molecule has 1 unspecified atom stereocenters. The van der Waals surface area contributed by atoms with Crippen molar-refractivity contribution in [3.63, 3.8) is 0 Å². The quantitative estimate of drug-likeness (QED) is 0.852. The van der Waals surface area contributed by atoms with Gasteiger partial charge in [-0.3, -0.25) is 0 Å². The number of methoxy groups -OCH3 is 2. The number of benzene rings is 1. The zero-order chi connectivity index (χ0) is 20.1. The molecule has 2 amide bonds. The van der Waals surface area contributed by atoms with Crippen LogP contribution < -0.4 is 19.7 Å². The molecule has 1 N–H and O–H groups in total. The lowest BCUT2D eigenvalue weighted by Gasteiger charge is -2.37. The number of likely N-dealkylation sites (N-methyl/N-ethyl adjacent to an activating group) is 1. The van der Waals surface area contributed by atoms with Crippen LogP contribution in [0.1, 0.15) is 18.4 Å². The van der Waals surface area contributed by atoms with Crippen LogP contribution in [0.25, 0.3) is 0 Å². The van der Waals surface area contributed by atoms with Gasteiger partial charge in [-0.15, -0.1) is 0 Å². The van der Waals surface area contributed by atoms with Crippen LogP contribution >= 0.6 is 0 Å². The number of hydrogen-bond acceptors (Lipinski definition) is 6. The normalized spacial score (nSPS) is 16.4. The molecule has 1 aliphatic rings. The summed E-state index contributed by atoms with van der Waals surface area (Å²) in [6.45, 7) is 3.28. The Labute approximate surface area is 165 Å². The van der Waals surface area contributed by atoms with Gasteiger partial charge < -0.3 is 24.6 Å². The average Bonchev–Trinajstić information content (AvgIpc) is 2.74. The summed E-state index contributed by atoms with van der Waals surface area (Å²) in [7, 11) is 5.14. The Morgan fingerprint density at radius 3 is 2.68 bits per heavy atom. The van der Waals surface area contributed by atoms with E-state index in [1.807, 2.05) is 36.2 Å². The number of piperidine rings is 1. The summed E-state index contributed by atoms with van der Waals surface area (Å²) < 4.78 is 10.6. The number of nitrogens with one attached hydrogen (secondary N) is 1. The van der Waals surface area contributed by atoms with Gasteiger partial charge in [-0.1, -0.05) is 0 Å². The van der Waals surface area contributed by atoms with E-state index in [2.05, 4.69) is 15.3 Å². The lowest BCUT2D eigenvalue weighted by Crippen LogP contribution is -2.50. The fourth-order valence-electron chi connectivity index (χ4n) is 3.28. The van der Waals surface area contributed by atoms with Crippen molar-refractivity contribution in [1.82, 2.24) is 14.9 Å². The molecule has 8 nitrogen and oxygen atoms in total. The van der Waals surface area contributed by atoms with Gasteiger partial charge in [0.05, 0.1) is 19.9 Å². The highest BCUT2D eigenvalue weighted by atomic mass is 16.5. The second-order valence-corrected chi connectivity index (χ2v) is 6.91. The molecular formula is C20H27N5O3. The molecule has 1 saturated heterocycles. The SMILES string of the molecule is COc1ccc(NC(=O)N2CCCC(N(C)c3ncc(C)cn3)C2)c(OC)c1. The number of rotatable bonds is 5. The van der Waals surface area contributed by atoms with Crippen LogP contribution in [0.15, 0.2) is 30.6 Å². The summed E-state index contributed by atoms with van der Waals surface area (Å²) in [4.78, 5) is 25.5. The minimum absolute atomic E-state index is 0.147. The maximum Gasteiger partial charge on any atom is 0.322 e. The smallest absolute Gasteiger partial charge is 0.322 e. The number of aromatic nitrogens is 2. The predicted molar refractivity (Wildman–Crippen MR) is 108 cm³/mol. The summed E-state index contributed by atoms with van der Waals surface area (Å²) >= 11 is 0. The molecule has 0 radical (unpaired) electrons. The second kappa shape index (κ2) is 8.77. The Bertz CT molecular complexity index is 812. The van der Waals surface area contributed by atoms with E-state index < -0.39 is 0 Å². The third-order valence-electron chi connectivity index (χ3n) is 4.96. The van der Waals surface area contributed by atoms with Crippen LogP contribution in [-0.2, 0) is 0 Å². The maximum absolute atomic E-state index is 12.8. The van der Waals surface area contributed by atoms with Crippen molar-refractivity contribution in [1.29, 1.82) is 0 Å². The van der Waals surface area contributed by atoms with Gasteiger partial charge in [0, 0.05) is 44.6 Å². The van der Waals surface area contributed by atoms with E-state index in [1.54, 1.807) is 32.4 Å². The highest BCUT2D eigenvalue weighted by Crippen LogP contribution is 2.29. The Kier molecular flexibility index (Phi) is 6.18. The molecule has 8 heteroatoms. The number of carbonyl (C=O) groups excluding carboxylic acids is 1. The molecule has 0 bridgehead atoms. The maximum atomic E-state index is 12.8. The van der Waals surface area contributed by atoms with Gasteiger partial charge in [0.15, 0.2) is 0 Å². The van der Waals surface area contributed by atoms with Crippen molar-refractivity contribution in [2.24, 2.45) is 0 Å². The summed E-state index contributed by atoms with van der Waals surface area (Å²) in [5.41, 5.74) is 1.64. The lowest BCUT2D eigenvalue weighted by atomic mass is 10.1. The molecule has 3 rings (SSSR count). The number of hydrogen-bond donors (Lipinski definition) is 1. The van der Waals surface area contributed by atoms with Crippen LogP contribution in [-0.4, -0.2) is 61.3 Å². The van der Waals surface area contributed by atoms with Crippen LogP contribution in [0.4, 0.5) is 16.4 Å². The van der Waals surface area contributed by atoms with Crippen LogP contribution in [0.3, 0.4) is 0 Å². The average molecular weight is 385 g/mol. The van der Waals surface area contributed by atoms with Crippen LogP contribution in [0.2, 0.25) is 0 Å². The zero-order valence-electron chi connectivity index (χ0n) is 16.8. The first-order chi connectivity index (χ1) is 13.5.